The fraction of sp³-hybridized carbons (Fsp3) is 0.444. The van der Waals surface area contributed by atoms with E-state index in [0.717, 1.165) is 36.1 Å². The molecule has 1 aromatic carbocycles. The van der Waals surface area contributed by atoms with E-state index in [1.807, 2.05) is 41.2 Å². The summed E-state index contributed by atoms with van der Waals surface area (Å²) in [7, 11) is 0. The lowest BCUT2D eigenvalue weighted by molar-refractivity contribution is -0.0314. The quantitative estimate of drug-likeness (QED) is 0.824. The Hall–Kier alpha value is -2.16. The molecule has 3 rings (SSSR count). The maximum absolute atomic E-state index is 10.2. The number of rotatable bonds is 7. The summed E-state index contributed by atoms with van der Waals surface area (Å²) in [6.07, 6.45) is 5.32. The summed E-state index contributed by atoms with van der Waals surface area (Å²) in [5, 5.41) is 26.9. The maximum Gasteiger partial charge on any atom is 0.0968 e. The Kier molecular flexibility index (Phi) is 4.75. The van der Waals surface area contributed by atoms with Gasteiger partial charge >= 0.3 is 0 Å². The average Bonchev–Trinajstić information content (AvgIpc) is 2.95. The molecule has 0 spiro atoms. The van der Waals surface area contributed by atoms with Gasteiger partial charge in [-0.05, 0) is 19.3 Å². The fourth-order valence-electron chi connectivity index (χ4n) is 2.90. The van der Waals surface area contributed by atoms with Gasteiger partial charge < -0.3 is 10.4 Å². The van der Waals surface area contributed by atoms with E-state index in [2.05, 4.69) is 16.5 Å². The van der Waals surface area contributed by atoms with Gasteiger partial charge in [-0.2, -0.15) is 10.4 Å². The van der Waals surface area contributed by atoms with E-state index < -0.39 is 5.60 Å². The van der Waals surface area contributed by atoms with Crippen LogP contribution in [0.15, 0.2) is 36.5 Å². The van der Waals surface area contributed by atoms with Crippen molar-refractivity contribution in [1.82, 2.24) is 15.1 Å². The smallest absolute Gasteiger partial charge is 0.0968 e. The van der Waals surface area contributed by atoms with Gasteiger partial charge in [-0.1, -0.05) is 30.3 Å². The van der Waals surface area contributed by atoms with Crippen LogP contribution in [0.4, 0.5) is 0 Å². The standard InChI is InChI=1S/C18H22N4O/c19-10-5-11-22-13-16(12-20-14-18(23)8-4-9-18)17(21-22)15-6-2-1-3-7-15/h1-3,6-7,13,20,23H,4-5,8-9,11-12,14H2. The molecule has 0 aliphatic heterocycles. The van der Waals surface area contributed by atoms with Crippen LogP contribution in [-0.4, -0.2) is 27.0 Å². The van der Waals surface area contributed by atoms with Crippen LogP contribution in [0.3, 0.4) is 0 Å². The largest absolute Gasteiger partial charge is 0.389 e. The van der Waals surface area contributed by atoms with E-state index in [-0.39, 0.29) is 0 Å². The Morgan fingerprint density at radius 1 is 1.30 bits per heavy atom. The summed E-state index contributed by atoms with van der Waals surface area (Å²) >= 11 is 0. The summed E-state index contributed by atoms with van der Waals surface area (Å²) in [5.41, 5.74) is 2.58. The third-order valence-corrected chi connectivity index (χ3v) is 4.39. The first-order valence-electron chi connectivity index (χ1n) is 8.12. The van der Waals surface area contributed by atoms with Crippen LogP contribution in [0.1, 0.15) is 31.2 Å². The molecule has 0 bridgehead atoms. The fourth-order valence-corrected chi connectivity index (χ4v) is 2.90. The molecule has 1 fully saturated rings. The molecule has 5 nitrogen and oxygen atoms in total. The molecule has 0 amide bonds. The van der Waals surface area contributed by atoms with Crippen LogP contribution in [-0.2, 0) is 13.1 Å². The van der Waals surface area contributed by atoms with Crippen molar-refractivity contribution in [1.29, 1.82) is 5.26 Å². The van der Waals surface area contributed by atoms with Gasteiger partial charge in [-0.25, -0.2) is 0 Å². The van der Waals surface area contributed by atoms with Gasteiger partial charge in [-0.3, -0.25) is 4.68 Å². The van der Waals surface area contributed by atoms with Crippen molar-refractivity contribution in [3.05, 3.63) is 42.1 Å². The summed E-state index contributed by atoms with van der Waals surface area (Å²) in [6.45, 7) is 1.88. The van der Waals surface area contributed by atoms with Gasteiger partial charge in [0.25, 0.3) is 0 Å². The Morgan fingerprint density at radius 3 is 2.74 bits per heavy atom. The summed E-state index contributed by atoms with van der Waals surface area (Å²) in [5.74, 6) is 0. The van der Waals surface area contributed by atoms with Gasteiger partial charge in [0.1, 0.15) is 0 Å². The average molecular weight is 310 g/mol. The molecule has 1 aliphatic rings. The van der Waals surface area contributed by atoms with Gasteiger partial charge in [0.05, 0.1) is 30.3 Å². The maximum atomic E-state index is 10.2. The van der Waals surface area contributed by atoms with Gasteiger partial charge in [0.2, 0.25) is 0 Å². The van der Waals surface area contributed by atoms with E-state index in [0.29, 0.717) is 26.1 Å². The minimum atomic E-state index is -0.524. The number of nitrogens with one attached hydrogen (secondary N) is 1. The molecule has 2 aromatic rings. The zero-order valence-corrected chi connectivity index (χ0v) is 13.2. The molecule has 0 radical (unpaired) electrons. The van der Waals surface area contributed by atoms with E-state index in [1.54, 1.807) is 0 Å². The normalized spacial score (nSPS) is 15.8. The molecule has 120 valence electrons. The number of benzene rings is 1. The highest BCUT2D eigenvalue weighted by molar-refractivity contribution is 5.62. The number of hydrogen-bond acceptors (Lipinski definition) is 4. The van der Waals surface area contributed by atoms with Crippen LogP contribution in [0.25, 0.3) is 11.3 Å². The molecule has 5 heteroatoms. The molecular weight excluding hydrogens is 288 g/mol. The number of hydrogen-bond donors (Lipinski definition) is 2. The van der Waals surface area contributed by atoms with Crippen molar-refractivity contribution in [2.45, 2.75) is 44.4 Å². The summed E-state index contributed by atoms with van der Waals surface area (Å²) in [6, 6.07) is 12.2. The Balaban J connectivity index is 1.73. The van der Waals surface area contributed by atoms with E-state index in [1.165, 1.54) is 0 Å². The third-order valence-electron chi connectivity index (χ3n) is 4.39. The van der Waals surface area contributed by atoms with Crippen LogP contribution >= 0.6 is 0 Å². The topological polar surface area (TPSA) is 73.9 Å². The van der Waals surface area contributed by atoms with E-state index in [9.17, 15) is 5.11 Å². The molecule has 1 heterocycles. The number of aryl methyl sites for hydroxylation is 1. The predicted octanol–water partition coefficient (Wildman–Crippen LogP) is 2.47. The highest BCUT2D eigenvalue weighted by atomic mass is 16.3. The van der Waals surface area contributed by atoms with Crippen molar-refractivity contribution in [2.75, 3.05) is 6.54 Å². The van der Waals surface area contributed by atoms with Crippen LogP contribution in [0.5, 0.6) is 0 Å². The van der Waals surface area contributed by atoms with Crippen LogP contribution in [0.2, 0.25) is 0 Å². The predicted molar refractivity (Wildman–Crippen MR) is 88.4 cm³/mol. The second-order valence-electron chi connectivity index (χ2n) is 6.22. The second-order valence-corrected chi connectivity index (χ2v) is 6.22. The Morgan fingerprint density at radius 2 is 2.09 bits per heavy atom. The third kappa shape index (κ3) is 3.79. The van der Waals surface area contributed by atoms with Gasteiger partial charge in [0.15, 0.2) is 0 Å². The monoisotopic (exact) mass is 310 g/mol. The van der Waals surface area contributed by atoms with Crippen molar-refractivity contribution in [3.63, 3.8) is 0 Å². The molecule has 1 saturated carbocycles. The van der Waals surface area contributed by atoms with Crippen molar-refractivity contribution >= 4 is 0 Å². The molecule has 0 unspecified atom stereocenters. The number of aromatic nitrogens is 2. The van der Waals surface area contributed by atoms with E-state index >= 15 is 0 Å². The van der Waals surface area contributed by atoms with Gasteiger partial charge in [-0.15, -0.1) is 0 Å². The van der Waals surface area contributed by atoms with Crippen LogP contribution in [0, 0.1) is 11.3 Å². The van der Waals surface area contributed by atoms with Crippen molar-refractivity contribution < 1.29 is 5.11 Å². The molecular formula is C18H22N4O. The van der Waals surface area contributed by atoms with Crippen molar-refractivity contribution in [3.8, 4) is 17.3 Å². The minimum Gasteiger partial charge on any atom is -0.389 e. The molecule has 1 aromatic heterocycles. The van der Waals surface area contributed by atoms with Crippen molar-refractivity contribution in [2.24, 2.45) is 0 Å². The Bertz CT molecular complexity index is 683. The minimum absolute atomic E-state index is 0.447. The zero-order valence-electron chi connectivity index (χ0n) is 13.2. The summed E-state index contributed by atoms with van der Waals surface area (Å²) < 4.78 is 1.83. The lowest BCUT2D eigenvalue weighted by atomic mass is 9.80. The number of aliphatic hydroxyl groups is 1. The first kappa shape index (κ1) is 15.7. The highest BCUT2D eigenvalue weighted by Gasteiger charge is 2.33. The molecule has 23 heavy (non-hydrogen) atoms. The first-order chi connectivity index (χ1) is 11.2. The second kappa shape index (κ2) is 6.95. The first-order valence-corrected chi connectivity index (χ1v) is 8.12. The van der Waals surface area contributed by atoms with Gasteiger partial charge in [0, 0.05) is 30.4 Å². The van der Waals surface area contributed by atoms with Crippen LogP contribution < -0.4 is 5.32 Å². The number of nitrogens with zero attached hydrogens (tertiary/aromatic N) is 3. The molecule has 2 N–H and O–H groups in total. The Labute approximate surface area is 136 Å². The molecule has 0 atom stereocenters. The lowest BCUT2D eigenvalue weighted by Gasteiger charge is -2.36. The summed E-state index contributed by atoms with van der Waals surface area (Å²) in [4.78, 5) is 0. The molecule has 1 aliphatic carbocycles. The van der Waals surface area contributed by atoms with E-state index in [4.69, 9.17) is 5.26 Å². The zero-order chi connectivity index (χ0) is 16.1. The lowest BCUT2D eigenvalue weighted by Crippen LogP contribution is -2.45. The number of nitriles is 1. The molecule has 0 saturated heterocycles. The SMILES string of the molecule is N#CCCn1cc(CNCC2(O)CCC2)c(-c2ccccc2)n1. The highest BCUT2D eigenvalue weighted by Crippen LogP contribution is 2.31.